The minimum Gasteiger partial charge on any atom is -0.384 e. The quantitative estimate of drug-likeness (QED) is 0.907. The van der Waals surface area contributed by atoms with Crippen molar-refractivity contribution in [3.8, 4) is 0 Å². The number of aromatic nitrogens is 1. The highest BCUT2D eigenvalue weighted by Gasteiger charge is 1.98. The predicted octanol–water partition coefficient (Wildman–Crippen LogP) is 3.04. The first kappa shape index (κ1) is 11.0. The Balaban J connectivity index is 2.02. The molecule has 0 aliphatic rings. The molecule has 0 aliphatic heterocycles. The Labute approximate surface area is 103 Å². The lowest BCUT2D eigenvalue weighted by atomic mass is 10.2. The van der Waals surface area contributed by atoms with Gasteiger partial charge in [-0.15, -0.1) is 0 Å². The molecule has 0 amide bonds. The van der Waals surface area contributed by atoms with Crippen LogP contribution in [-0.4, -0.2) is 4.98 Å². The van der Waals surface area contributed by atoms with Crippen LogP contribution in [-0.2, 0) is 6.54 Å². The molecule has 82 valence electrons. The Hall–Kier alpha value is -1.55. The molecule has 0 aliphatic carbocycles. The topological polar surface area (TPSA) is 50.9 Å². The van der Waals surface area contributed by atoms with Crippen LogP contribution in [0.4, 0.5) is 11.5 Å². The highest BCUT2D eigenvalue weighted by Crippen LogP contribution is 2.17. The second kappa shape index (κ2) is 4.99. The highest BCUT2D eigenvalue weighted by molar-refractivity contribution is 9.10. The van der Waals surface area contributed by atoms with Gasteiger partial charge in [-0.1, -0.05) is 34.1 Å². The first-order valence-electron chi connectivity index (χ1n) is 4.94. The summed E-state index contributed by atoms with van der Waals surface area (Å²) in [7, 11) is 0. The van der Waals surface area contributed by atoms with Crippen molar-refractivity contribution >= 4 is 27.4 Å². The summed E-state index contributed by atoms with van der Waals surface area (Å²) >= 11 is 3.51. The van der Waals surface area contributed by atoms with Crippen molar-refractivity contribution in [2.24, 2.45) is 0 Å². The van der Waals surface area contributed by atoms with Crippen LogP contribution in [0.5, 0.6) is 0 Å². The van der Waals surface area contributed by atoms with Crippen LogP contribution in [0, 0.1) is 0 Å². The van der Waals surface area contributed by atoms with E-state index in [2.05, 4.69) is 32.3 Å². The summed E-state index contributed by atoms with van der Waals surface area (Å²) < 4.78 is 1.10. The van der Waals surface area contributed by atoms with Crippen LogP contribution in [0.15, 0.2) is 47.1 Å². The van der Waals surface area contributed by atoms with E-state index in [1.807, 2.05) is 24.3 Å². The average Bonchev–Trinajstić information content (AvgIpc) is 2.30. The third kappa shape index (κ3) is 2.73. The molecule has 0 unspecified atom stereocenters. The molecule has 3 nitrogen and oxygen atoms in total. The molecule has 0 saturated heterocycles. The summed E-state index contributed by atoms with van der Waals surface area (Å²) in [5, 5.41) is 3.28. The van der Waals surface area contributed by atoms with E-state index in [4.69, 9.17) is 5.73 Å². The smallest absolute Gasteiger partial charge is 0.123 e. The number of rotatable bonds is 3. The van der Waals surface area contributed by atoms with Gasteiger partial charge in [0, 0.05) is 11.0 Å². The predicted molar refractivity (Wildman–Crippen MR) is 70.1 cm³/mol. The number of nitrogen functional groups attached to an aromatic ring is 1. The molecular weight excluding hydrogens is 266 g/mol. The Morgan fingerprint density at radius 2 is 2.00 bits per heavy atom. The molecule has 1 heterocycles. The van der Waals surface area contributed by atoms with E-state index >= 15 is 0 Å². The van der Waals surface area contributed by atoms with Gasteiger partial charge in [0.2, 0.25) is 0 Å². The molecule has 3 N–H and O–H groups in total. The van der Waals surface area contributed by atoms with Gasteiger partial charge >= 0.3 is 0 Å². The fourth-order valence-corrected chi connectivity index (χ4v) is 1.77. The Morgan fingerprint density at radius 3 is 2.69 bits per heavy atom. The summed E-state index contributed by atoms with van der Waals surface area (Å²) in [6.45, 7) is 0.757. The van der Waals surface area contributed by atoms with Crippen molar-refractivity contribution in [1.29, 1.82) is 0 Å². The van der Waals surface area contributed by atoms with E-state index in [0.29, 0.717) is 5.82 Å². The first-order valence-corrected chi connectivity index (χ1v) is 5.74. The lowest BCUT2D eigenvalue weighted by molar-refractivity contribution is 1.13. The molecule has 0 atom stereocenters. The van der Waals surface area contributed by atoms with Gasteiger partial charge in [-0.05, 0) is 23.8 Å². The van der Waals surface area contributed by atoms with Crippen molar-refractivity contribution in [1.82, 2.24) is 4.98 Å². The largest absolute Gasteiger partial charge is 0.384 e. The number of pyridine rings is 1. The van der Waals surface area contributed by atoms with Gasteiger partial charge in [-0.25, -0.2) is 4.98 Å². The van der Waals surface area contributed by atoms with Gasteiger partial charge in [-0.3, -0.25) is 0 Å². The molecule has 0 fully saturated rings. The Kier molecular flexibility index (Phi) is 3.41. The number of nitrogens with two attached hydrogens (primary N) is 1. The van der Waals surface area contributed by atoms with E-state index < -0.39 is 0 Å². The lowest BCUT2D eigenvalue weighted by Gasteiger charge is -2.07. The highest BCUT2D eigenvalue weighted by atomic mass is 79.9. The molecule has 1 aromatic carbocycles. The summed E-state index contributed by atoms with van der Waals surface area (Å²) in [6, 6.07) is 11.8. The monoisotopic (exact) mass is 277 g/mol. The minimum atomic E-state index is 0.534. The van der Waals surface area contributed by atoms with Crippen molar-refractivity contribution in [3.63, 3.8) is 0 Å². The zero-order chi connectivity index (χ0) is 11.4. The van der Waals surface area contributed by atoms with Gasteiger partial charge in [0.25, 0.3) is 0 Å². The zero-order valence-corrected chi connectivity index (χ0v) is 10.2. The number of hydrogen-bond acceptors (Lipinski definition) is 3. The summed E-state index contributed by atoms with van der Waals surface area (Å²) in [5.41, 5.74) is 7.68. The summed E-state index contributed by atoms with van der Waals surface area (Å²) in [4.78, 5) is 4.02. The normalized spacial score (nSPS) is 10.1. The van der Waals surface area contributed by atoms with Crippen LogP contribution < -0.4 is 11.1 Å². The number of anilines is 2. The van der Waals surface area contributed by atoms with Crippen molar-refractivity contribution < 1.29 is 0 Å². The molecule has 0 radical (unpaired) electrons. The molecule has 4 heteroatoms. The van der Waals surface area contributed by atoms with Crippen LogP contribution in [0.25, 0.3) is 0 Å². The third-order valence-corrected chi connectivity index (χ3v) is 3.00. The molecule has 16 heavy (non-hydrogen) atoms. The minimum absolute atomic E-state index is 0.534. The van der Waals surface area contributed by atoms with Gasteiger partial charge in [0.1, 0.15) is 5.82 Å². The molecule has 2 rings (SSSR count). The van der Waals surface area contributed by atoms with Gasteiger partial charge in [-0.2, -0.15) is 0 Å². The fourth-order valence-electron chi connectivity index (χ4n) is 1.35. The Morgan fingerprint density at radius 1 is 1.19 bits per heavy atom. The lowest BCUT2D eigenvalue weighted by Crippen LogP contribution is -2.01. The van der Waals surface area contributed by atoms with Crippen molar-refractivity contribution in [2.75, 3.05) is 11.1 Å². The number of nitrogens with one attached hydrogen (secondary N) is 1. The summed E-state index contributed by atoms with van der Waals surface area (Å²) in [6.07, 6.45) is 1.73. The zero-order valence-electron chi connectivity index (χ0n) is 8.65. The molecule has 1 aromatic heterocycles. The van der Waals surface area contributed by atoms with Gasteiger partial charge < -0.3 is 11.1 Å². The van der Waals surface area contributed by atoms with E-state index in [-0.39, 0.29) is 0 Å². The number of nitrogens with zero attached hydrogens (tertiary/aromatic N) is 1. The maximum Gasteiger partial charge on any atom is 0.123 e. The number of benzene rings is 1. The fraction of sp³-hybridized carbons (Fsp3) is 0.0833. The first-order chi connectivity index (χ1) is 7.75. The second-order valence-corrected chi connectivity index (χ2v) is 4.27. The SMILES string of the molecule is Nc1ccc(NCc2ccccc2Br)cn1. The molecule has 0 saturated carbocycles. The van der Waals surface area contributed by atoms with Crippen LogP contribution in [0.3, 0.4) is 0 Å². The van der Waals surface area contributed by atoms with Gasteiger partial charge in [0.05, 0.1) is 11.9 Å². The van der Waals surface area contributed by atoms with Crippen LogP contribution in [0.1, 0.15) is 5.56 Å². The number of halogens is 1. The van der Waals surface area contributed by atoms with E-state index in [9.17, 15) is 0 Å². The molecule has 0 bridgehead atoms. The second-order valence-electron chi connectivity index (χ2n) is 3.42. The third-order valence-electron chi connectivity index (χ3n) is 2.23. The number of hydrogen-bond donors (Lipinski definition) is 2. The average molecular weight is 278 g/mol. The molecular formula is C12H12BrN3. The summed E-state index contributed by atoms with van der Waals surface area (Å²) in [5.74, 6) is 0.534. The van der Waals surface area contributed by atoms with Crippen LogP contribution >= 0.6 is 15.9 Å². The van der Waals surface area contributed by atoms with E-state index in [0.717, 1.165) is 16.7 Å². The van der Waals surface area contributed by atoms with E-state index in [1.165, 1.54) is 5.56 Å². The van der Waals surface area contributed by atoms with Crippen molar-refractivity contribution in [3.05, 3.63) is 52.6 Å². The standard InChI is InChI=1S/C12H12BrN3/c13-11-4-2-1-3-9(11)7-15-10-5-6-12(14)16-8-10/h1-6,8,15H,7H2,(H2,14,16). The maximum atomic E-state index is 5.51. The van der Waals surface area contributed by atoms with Crippen molar-refractivity contribution in [2.45, 2.75) is 6.54 Å². The van der Waals surface area contributed by atoms with E-state index in [1.54, 1.807) is 12.3 Å². The maximum absolute atomic E-state index is 5.51. The Bertz CT molecular complexity index is 468. The van der Waals surface area contributed by atoms with Crippen LogP contribution in [0.2, 0.25) is 0 Å². The van der Waals surface area contributed by atoms with Gasteiger partial charge in [0.15, 0.2) is 0 Å². The molecule has 0 spiro atoms. The molecule has 2 aromatic rings.